The van der Waals surface area contributed by atoms with Crippen LogP contribution < -0.4 is 9.64 Å². The number of pyridine rings is 1. The molecule has 1 aliphatic heterocycles. The Morgan fingerprint density at radius 1 is 1.14 bits per heavy atom. The minimum atomic E-state index is -0.325. The van der Waals surface area contributed by atoms with Gasteiger partial charge in [-0.2, -0.15) is 0 Å². The average molecular weight is 474 g/mol. The second-order valence-electron chi connectivity index (χ2n) is 9.18. The van der Waals surface area contributed by atoms with Crippen LogP contribution >= 0.6 is 0 Å². The number of anilines is 1. The van der Waals surface area contributed by atoms with E-state index in [0.717, 1.165) is 49.5 Å². The first-order valence-corrected chi connectivity index (χ1v) is 12.4. The molecule has 4 rings (SSSR count). The van der Waals surface area contributed by atoms with E-state index in [1.54, 1.807) is 13.3 Å². The van der Waals surface area contributed by atoms with E-state index in [-0.39, 0.29) is 12.1 Å². The van der Waals surface area contributed by atoms with E-state index < -0.39 is 0 Å². The summed E-state index contributed by atoms with van der Waals surface area (Å²) in [6.45, 7) is 9.39. The topological polar surface area (TPSA) is 54.9 Å². The summed E-state index contributed by atoms with van der Waals surface area (Å²) in [7, 11) is 1.70. The smallest absolute Gasteiger partial charge is 0.342 e. The number of likely N-dealkylation sites (N-methyl/N-ethyl adjacent to an activating group) is 1. The molecule has 35 heavy (non-hydrogen) atoms. The Hall–Kier alpha value is -3.38. The van der Waals surface area contributed by atoms with Crippen molar-refractivity contribution in [3.63, 3.8) is 0 Å². The number of benzene rings is 2. The molecule has 1 fully saturated rings. The van der Waals surface area contributed by atoms with Crippen LogP contribution in [-0.4, -0.2) is 54.7 Å². The van der Waals surface area contributed by atoms with Crippen molar-refractivity contribution in [3.05, 3.63) is 78.0 Å². The van der Waals surface area contributed by atoms with Crippen molar-refractivity contribution in [1.82, 2.24) is 9.88 Å². The Bertz CT molecular complexity index is 1130. The van der Waals surface area contributed by atoms with Crippen LogP contribution in [0.15, 0.2) is 66.9 Å². The zero-order valence-corrected chi connectivity index (χ0v) is 21.1. The third-order valence-corrected chi connectivity index (χ3v) is 6.47. The molecule has 0 aliphatic carbocycles. The van der Waals surface area contributed by atoms with E-state index >= 15 is 0 Å². The number of aromatic nitrogens is 1. The minimum Gasteiger partial charge on any atom is -0.497 e. The third kappa shape index (κ3) is 5.82. The number of hydrogen-bond acceptors (Lipinski definition) is 6. The van der Waals surface area contributed by atoms with E-state index in [4.69, 9.17) is 14.5 Å². The molecule has 1 unspecified atom stereocenters. The first-order chi connectivity index (χ1) is 17.0. The van der Waals surface area contributed by atoms with Gasteiger partial charge in [-0.1, -0.05) is 49.4 Å². The summed E-state index contributed by atoms with van der Waals surface area (Å²) in [5.41, 5.74) is 3.61. The highest BCUT2D eigenvalue weighted by Gasteiger charge is 2.32. The lowest BCUT2D eigenvalue weighted by Crippen LogP contribution is -2.37. The second kappa shape index (κ2) is 11.4. The van der Waals surface area contributed by atoms with Crippen molar-refractivity contribution in [1.29, 1.82) is 0 Å². The monoisotopic (exact) mass is 473 g/mol. The van der Waals surface area contributed by atoms with E-state index in [1.807, 2.05) is 62.4 Å². The number of hydrogen-bond donors (Lipinski definition) is 0. The highest BCUT2D eigenvalue weighted by molar-refractivity contribution is 6.02. The van der Waals surface area contributed by atoms with E-state index in [1.165, 1.54) is 5.56 Å². The Morgan fingerprint density at radius 2 is 1.94 bits per heavy atom. The summed E-state index contributed by atoms with van der Waals surface area (Å²) in [5.74, 6) is 1.26. The number of rotatable bonds is 9. The molecule has 0 saturated carbocycles. The van der Waals surface area contributed by atoms with E-state index in [9.17, 15) is 4.79 Å². The normalized spacial score (nSPS) is 15.6. The number of carbonyl (C=O) groups excluding carboxylic acids is 1. The molecule has 6 nitrogen and oxygen atoms in total. The maximum absolute atomic E-state index is 13.3. The summed E-state index contributed by atoms with van der Waals surface area (Å²) in [4.78, 5) is 22.7. The summed E-state index contributed by atoms with van der Waals surface area (Å²) in [5, 5.41) is 0. The van der Waals surface area contributed by atoms with Crippen molar-refractivity contribution >= 4 is 11.8 Å². The number of methoxy groups -OCH3 is 1. The predicted molar refractivity (Wildman–Crippen MR) is 140 cm³/mol. The van der Waals surface area contributed by atoms with E-state index in [2.05, 4.69) is 28.9 Å². The molecule has 1 atom stereocenters. The van der Waals surface area contributed by atoms with Crippen molar-refractivity contribution in [2.45, 2.75) is 45.9 Å². The number of nitrogens with zero attached hydrogens (tertiary/aromatic N) is 3. The van der Waals surface area contributed by atoms with Crippen molar-refractivity contribution in [3.8, 4) is 16.9 Å². The molecular formula is C29H35N3O3. The number of ether oxygens (including phenoxy) is 2. The maximum Gasteiger partial charge on any atom is 0.342 e. The third-order valence-electron chi connectivity index (χ3n) is 6.47. The van der Waals surface area contributed by atoms with Crippen LogP contribution in [0.3, 0.4) is 0 Å². The molecule has 1 aliphatic rings. The van der Waals surface area contributed by atoms with Crippen LogP contribution in [-0.2, 0) is 11.3 Å². The molecule has 6 heteroatoms. The van der Waals surface area contributed by atoms with Gasteiger partial charge in [0.15, 0.2) is 0 Å². The second-order valence-corrected chi connectivity index (χ2v) is 9.18. The maximum atomic E-state index is 13.3. The van der Waals surface area contributed by atoms with Gasteiger partial charge in [-0.3, -0.25) is 4.90 Å². The molecule has 0 N–H and O–H groups in total. The number of carbonyl (C=O) groups is 1. The van der Waals surface area contributed by atoms with Crippen LogP contribution in [0.1, 0.15) is 43.1 Å². The number of esters is 1. The molecule has 1 saturated heterocycles. The van der Waals surface area contributed by atoms with Crippen LogP contribution in [0.4, 0.5) is 5.82 Å². The summed E-state index contributed by atoms with van der Waals surface area (Å²) < 4.78 is 11.1. The van der Waals surface area contributed by atoms with Gasteiger partial charge in [0.25, 0.3) is 0 Å². The first-order valence-electron chi connectivity index (χ1n) is 12.4. The fourth-order valence-electron chi connectivity index (χ4n) is 4.76. The molecule has 1 aromatic heterocycles. The zero-order chi connectivity index (χ0) is 24.8. The van der Waals surface area contributed by atoms with Crippen molar-refractivity contribution in [2.24, 2.45) is 0 Å². The first kappa shape index (κ1) is 24.7. The van der Waals surface area contributed by atoms with Crippen molar-refractivity contribution in [2.75, 3.05) is 31.6 Å². The molecule has 0 spiro atoms. The van der Waals surface area contributed by atoms with Gasteiger partial charge in [0.1, 0.15) is 17.1 Å². The Labute approximate surface area is 208 Å². The largest absolute Gasteiger partial charge is 0.497 e. The highest BCUT2D eigenvalue weighted by Crippen LogP contribution is 2.33. The zero-order valence-electron chi connectivity index (χ0n) is 21.1. The molecule has 0 amide bonds. The van der Waals surface area contributed by atoms with E-state index in [0.29, 0.717) is 17.4 Å². The molecule has 0 radical (unpaired) electrons. The summed E-state index contributed by atoms with van der Waals surface area (Å²) in [6.07, 6.45) is 2.60. The van der Waals surface area contributed by atoms with Gasteiger partial charge in [-0.25, -0.2) is 9.78 Å². The quantitative estimate of drug-likeness (QED) is 0.387. The van der Waals surface area contributed by atoms with Gasteiger partial charge in [0, 0.05) is 37.4 Å². The molecule has 0 bridgehead atoms. The molecular weight excluding hydrogens is 438 g/mol. The lowest BCUT2D eigenvalue weighted by atomic mass is 10.0. The lowest BCUT2D eigenvalue weighted by Gasteiger charge is -2.28. The molecule has 2 heterocycles. The van der Waals surface area contributed by atoms with Crippen LogP contribution in [0, 0.1) is 0 Å². The Kier molecular flexibility index (Phi) is 8.03. The SMILES string of the molecule is CCN(Cc1cccc(OC)c1)C1CCN(c2nccc(-c3ccccc3)c2C(=O)OC(C)C)C1. The predicted octanol–water partition coefficient (Wildman–Crippen LogP) is 5.42. The molecule has 2 aromatic carbocycles. The van der Waals surface area contributed by atoms with Crippen LogP contribution in [0.25, 0.3) is 11.1 Å². The standard InChI is InChI=1S/C29H35N3O3/c1-5-31(19-22-10-9-13-25(18-22)34-4)24-15-17-32(20-24)28-27(29(33)35-21(2)3)26(14-16-30-28)23-11-7-6-8-12-23/h6-14,16,18,21,24H,5,15,17,19-20H2,1-4H3. The van der Waals surface area contributed by atoms with Crippen LogP contribution in [0.5, 0.6) is 5.75 Å². The van der Waals surface area contributed by atoms with Crippen LogP contribution in [0.2, 0.25) is 0 Å². The van der Waals surface area contributed by atoms with Gasteiger partial charge >= 0.3 is 5.97 Å². The summed E-state index contributed by atoms with van der Waals surface area (Å²) in [6, 6.07) is 20.5. The fraction of sp³-hybridized carbons (Fsp3) is 0.379. The molecule has 3 aromatic rings. The van der Waals surface area contributed by atoms with Gasteiger partial charge < -0.3 is 14.4 Å². The van der Waals surface area contributed by atoms with Gasteiger partial charge in [-0.15, -0.1) is 0 Å². The van der Waals surface area contributed by atoms with Gasteiger partial charge in [0.2, 0.25) is 0 Å². The van der Waals surface area contributed by atoms with Gasteiger partial charge in [-0.05, 0) is 56.1 Å². The summed E-state index contributed by atoms with van der Waals surface area (Å²) >= 11 is 0. The fourth-order valence-corrected chi connectivity index (χ4v) is 4.76. The Balaban J connectivity index is 1.60. The average Bonchev–Trinajstić information content (AvgIpc) is 3.37. The lowest BCUT2D eigenvalue weighted by molar-refractivity contribution is 0.0379. The Morgan fingerprint density at radius 3 is 2.66 bits per heavy atom. The minimum absolute atomic E-state index is 0.205. The highest BCUT2D eigenvalue weighted by atomic mass is 16.5. The van der Waals surface area contributed by atoms with Crippen molar-refractivity contribution < 1.29 is 14.3 Å². The van der Waals surface area contributed by atoms with Gasteiger partial charge in [0.05, 0.1) is 13.2 Å². The molecule has 184 valence electrons.